The third-order valence-corrected chi connectivity index (χ3v) is 10.6. The summed E-state index contributed by atoms with van der Waals surface area (Å²) in [5.74, 6) is 1.18. The quantitative estimate of drug-likeness (QED) is 0.454. The monoisotopic (exact) mass is 601 g/mol. The predicted molar refractivity (Wildman–Crippen MR) is 101 cm³/mol. The Morgan fingerprint density at radius 2 is 1.75 bits per heavy atom. The molecule has 5 fully saturated rings. The van der Waals surface area contributed by atoms with Gasteiger partial charge in [-0.1, -0.05) is 25.5 Å². The van der Waals surface area contributed by atoms with Crippen molar-refractivity contribution < 1.29 is 63.7 Å². The Hall–Kier alpha value is 1.02. The molecular formula is C23H34AcO4. The van der Waals surface area contributed by atoms with E-state index in [9.17, 15) is 10.2 Å². The van der Waals surface area contributed by atoms with Crippen molar-refractivity contribution in [1.29, 1.82) is 0 Å². The molecule has 4 saturated carbocycles. The minimum absolute atomic E-state index is 0. The molecule has 6 unspecified atom stereocenters. The summed E-state index contributed by atoms with van der Waals surface area (Å²) >= 11 is 0. The van der Waals surface area contributed by atoms with Gasteiger partial charge < -0.3 is 19.7 Å². The molecular weight excluding hydrogens is 567 g/mol. The van der Waals surface area contributed by atoms with E-state index in [0.29, 0.717) is 25.0 Å². The average molecular weight is 602 g/mol. The van der Waals surface area contributed by atoms with Gasteiger partial charge in [-0.15, -0.1) is 0 Å². The van der Waals surface area contributed by atoms with Gasteiger partial charge in [0.2, 0.25) is 0 Å². The fourth-order valence-corrected chi connectivity index (χ4v) is 9.12. The van der Waals surface area contributed by atoms with E-state index < -0.39 is 5.79 Å². The number of ether oxygens (including phenoxy) is 2. The predicted octanol–water partition coefficient (Wildman–Crippen LogP) is 3.27. The molecule has 1 radical (unpaired) electrons. The van der Waals surface area contributed by atoms with Crippen LogP contribution in [0.15, 0.2) is 11.6 Å². The summed E-state index contributed by atoms with van der Waals surface area (Å²) in [5.41, 5.74) is 1.44. The van der Waals surface area contributed by atoms with Crippen LogP contribution in [-0.2, 0) is 9.47 Å². The topological polar surface area (TPSA) is 58.9 Å². The van der Waals surface area contributed by atoms with E-state index in [2.05, 4.69) is 26.8 Å². The maximum absolute atomic E-state index is 11.5. The number of rotatable bonds is 1. The van der Waals surface area contributed by atoms with E-state index in [1.54, 1.807) is 0 Å². The molecule has 1 spiro atoms. The number of aliphatic hydroxyl groups excluding tert-OH is 2. The number of hydrogen-bond donors (Lipinski definition) is 2. The zero-order chi connectivity index (χ0) is 18.8. The molecule has 6 aliphatic rings. The minimum Gasteiger partial charge on any atom is -0.392 e. The summed E-state index contributed by atoms with van der Waals surface area (Å²) in [4.78, 5) is 0. The second kappa shape index (κ2) is 6.29. The number of fused-ring (bicyclic) bond motifs is 4. The second-order valence-electron chi connectivity index (χ2n) is 11.1. The summed E-state index contributed by atoms with van der Waals surface area (Å²) in [6.07, 6.45) is 8.21. The van der Waals surface area contributed by atoms with E-state index in [1.165, 1.54) is 24.8 Å². The molecule has 0 bridgehead atoms. The molecule has 9 atom stereocenters. The summed E-state index contributed by atoms with van der Waals surface area (Å²) in [6, 6.07) is 0. The Kier molecular flexibility index (Phi) is 4.70. The van der Waals surface area contributed by atoms with Crippen LogP contribution in [0.1, 0.15) is 59.3 Å². The van der Waals surface area contributed by atoms with Crippen LogP contribution in [0.2, 0.25) is 0 Å². The molecule has 5 aliphatic carbocycles. The second-order valence-corrected chi connectivity index (χ2v) is 11.1. The molecule has 0 aromatic carbocycles. The number of hydrogen-bond acceptors (Lipinski definition) is 4. The molecule has 0 amide bonds. The molecule has 1 saturated heterocycles. The zero-order valence-corrected chi connectivity index (χ0v) is 22.2. The van der Waals surface area contributed by atoms with Crippen LogP contribution < -0.4 is 0 Å². The molecule has 28 heavy (non-hydrogen) atoms. The Morgan fingerprint density at radius 1 is 1.04 bits per heavy atom. The first-order valence-corrected chi connectivity index (χ1v) is 11.1. The molecule has 5 heteroatoms. The summed E-state index contributed by atoms with van der Waals surface area (Å²) in [7, 11) is 0. The Labute approximate surface area is 204 Å². The van der Waals surface area contributed by atoms with Gasteiger partial charge in [-0.05, 0) is 68.6 Å². The van der Waals surface area contributed by atoms with E-state index in [4.69, 9.17) is 9.47 Å². The first-order valence-electron chi connectivity index (χ1n) is 11.1. The van der Waals surface area contributed by atoms with E-state index in [-0.39, 0.29) is 78.4 Å². The summed E-state index contributed by atoms with van der Waals surface area (Å²) < 4.78 is 12.1. The van der Waals surface area contributed by atoms with Crippen molar-refractivity contribution in [3.05, 3.63) is 11.6 Å². The molecule has 1 aliphatic heterocycles. The van der Waals surface area contributed by atoms with E-state index >= 15 is 0 Å². The van der Waals surface area contributed by atoms with Crippen LogP contribution in [-0.4, -0.2) is 41.4 Å². The van der Waals surface area contributed by atoms with Crippen molar-refractivity contribution in [3.63, 3.8) is 0 Å². The fraction of sp³-hybridized carbons (Fsp3) is 0.913. The fourth-order valence-electron chi connectivity index (χ4n) is 9.12. The SMILES string of the molecule is CC1(C2CC=C3C4CC(O)C56C[C@@H]5CC[C@]6(C)C4CC(O)[C@@]32C)OCCO1.[Ac]. The van der Waals surface area contributed by atoms with Gasteiger partial charge in [-0.3, -0.25) is 0 Å². The normalized spacial score (nSPS) is 58.1. The average Bonchev–Trinajstić information content (AvgIpc) is 2.88. The van der Waals surface area contributed by atoms with Crippen molar-refractivity contribution in [2.24, 2.45) is 39.9 Å². The first kappa shape index (κ1) is 20.9. The van der Waals surface area contributed by atoms with Crippen LogP contribution in [0.5, 0.6) is 0 Å². The van der Waals surface area contributed by atoms with Crippen molar-refractivity contribution in [2.45, 2.75) is 77.3 Å². The molecule has 0 aromatic rings. The van der Waals surface area contributed by atoms with Crippen molar-refractivity contribution >= 4 is 0 Å². The van der Waals surface area contributed by atoms with Gasteiger partial charge in [0.1, 0.15) is 0 Å². The Balaban J connectivity index is 0.00000171. The molecule has 2 N–H and O–H groups in total. The van der Waals surface area contributed by atoms with Gasteiger partial charge in [0.15, 0.2) is 5.79 Å². The number of allylic oxidation sites excluding steroid dienone is 1. The standard InChI is InChI=1S/C23H34O4.Ac/c1-20-7-6-13-12-23(13,20)19(25)10-14-15-4-5-17(22(3)26-8-9-27-22)21(15,2)18(24)11-16(14)20;/h4,13-14,16-19,24-25H,5-12H2,1-3H3;/t13-,14?,16?,17?,18?,19?,20+,21-,23?;/m0./s1. The summed E-state index contributed by atoms with van der Waals surface area (Å²) in [5, 5.41) is 22.7. The van der Waals surface area contributed by atoms with Crippen LogP contribution in [0, 0.1) is 84.0 Å². The molecule has 1 heterocycles. The van der Waals surface area contributed by atoms with Crippen molar-refractivity contribution in [2.75, 3.05) is 13.2 Å². The Bertz CT molecular complexity index is 717. The van der Waals surface area contributed by atoms with Crippen LogP contribution in [0.25, 0.3) is 0 Å². The summed E-state index contributed by atoms with van der Waals surface area (Å²) in [6.45, 7) is 8.01. The maximum Gasteiger partial charge on any atom is 0.169 e. The van der Waals surface area contributed by atoms with Gasteiger partial charge in [0.25, 0.3) is 0 Å². The first-order chi connectivity index (χ1) is 12.8. The van der Waals surface area contributed by atoms with E-state index in [0.717, 1.165) is 25.2 Å². The van der Waals surface area contributed by atoms with Crippen molar-refractivity contribution in [3.8, 4) is 0 Å². The van der Waals surface area contributed by atoms with Gasteiger partial charge in [-0.2, -0.15) is 0 Å². The zero-order valence-electron chi connectivity index (χ0n) is 17.5. The largest absolute Gasteiger partial charge is 0.392 e. The number of aliphatic hydroxyl groups is 2. The van der Waals surface area contributed by atoms with Crippen LogP contribution in [0.4, 0.5) is 0 Å². The molecule has 6 rings (SSSR count). The molecule has 153 valence electrons. The van der Waals surface area contributed by atoms with Gasteiger partial charge in [0.05, 0.1) is 25.4 Å². The maximum atomic E-state index is 11.5. The van der Waals surface area contributed by atoms with Crippen LogP contribution >= 0.6 is 0 Å². The van der Waals surface area contributed by atoms with Gasteiger partial charge in [0, 0.05) is 60.8 Å². The van der Waals surface area contributed by atoms with Crippen LogP contribution in [0.3, 0.4) is 0 Å². The van der Waals surface area contributed by atoms with Gasteiger partial charge >= 0.3 is 0 Å². The molecule has 0 aromatic heterocycles. The third-order valence-electron chi connectivity index (χ3n) is 10.6. The third kappa shape index (κ3) is 2.21. The van der Waals surface area contributed by atoms with Gasteiger partial charge in [-0.25, -0.2) is 0 Å². The minimum atomic E-state index is -0.603. The van der Waals surface area contributed by atoms with Crippen molar-refractivity contribution in [1.82, 2.24) is 0 Å². The molecule has 4 nitrogen and oxygen atoms in total. The van der Waals surface area contributed by atoms with E-state index in [1.807, 2.05) is 0 Å². The smallest absolute Gasteiger partial charge is 0.169 e. The Morgan fingerprint density at radius 3 is 2.43 bits per heavy atom.